The number of benzene rings is 7. The lowest BCUT2D eigenvalue weighted by Crippen LogP contribution is -2.43. The number of pyridine rings is 1. The number of nitrogens with zero attached hydrogens (tertiary/aromatic N) is 6. The number of hydrogen-bond donors (Lipinski definition) is 5. The number of carbonyl (C=O) groups is 8. The number of hydrogen-bond acceptors (Lipinski definition) is 15. The van der Waals surface area contributed by atoms with Crippen molar-refractivity contribution in [3.63, 3.8) is 0 Å². The lowest BCUT2D eigenvalue weighted by atomic mass is 9.86. The molecule has 25 heteroatoms. The van der Waals surface area contributed by atoms with Crippen molar-refractivity contribution < 1.29 is 77.5 Å². The molecule has 10 aromatic rings. The average Bonchev–Trinajstić information content (AvgIpc) is 1.70. The number of carboxylic acids is 4. The number of aromatic nitrogens is 1. The van der Waals surface area contributed by atoms with Crippen LogP contribution in [0.15, 0.2) is 221 Å². The molecule has 518 valence electrons. The maximum atomic E-state index is 14.1. The Morgan fingerprint density at radius 1 is 0.495 bits per heavy atom. The Labute approximate surface area is 578 Å². The molecule has 0 saturated carbocycles. The number of furan rings is 2. The van der Waals surface area contributed by atoms with Gasteiger partial charge in [-0.3, -0.25) is 63.6 Å². The third-order valence-corrected chi connectivity index (χ3v) is 17.5. The van der Waals surface area contributed by atoms with Crippen LogP contribution in [-0.2, 0) is 54.7 Å². The fraction of sp³-hybridized carbons (Fsp3) is 0.224. The van der Waals surface area contributed by atoms with Gasteiger partial charge in [0.25, 0.3) is 23.2 Å². The van der Waals surface area contributed by atoms with Crippen molar-refractivity contribution in [3.8, 4) is 0 Å². The van der Waals surface area contributed by atoms with Crippen molar-refractivity contribution in [2.24, 2.45) is 11.8 Å². The number of carbonyl (C=O) groups excluding carboxylic acids is 4. The van der Waals surface area contributed by atoms with Crippen LogP contribution in [-0.4, -0.2) is 112 Å². The van der Waals surface area contributed by atoms with Gasteiger partial charge in [-0.25, -0.2) is 0 Å². The molecule has 4 amide bonds. The molecule has 0 fully saturated rings. The zero-order valence-corrected chi connectivity index (χ0v) is 55.0. The second-order valence-electron chi connectivity index (χ2n) is 24.3. The van der Waals surface area contributed by atoms with E-state index >= 15 is 0 Å². The first-order chi connectivity index (χ1) is 48.4. The Morgan fingerprint density at radius 3 is 1.34 bits per heavy atom. The molecule has 3 heterocycles. The SMILES string of the molecule is CC(C(Cc1ccc(C(=O)N(C)c2ccccc2)o1)c1ccc([N+](=O)[O-])cc1)N(Cc1ccc2ccccc2c1)C(=O)CC(CC(=O)O)C(=O)O.CC(C(Cc1ccc(C(=O)Nc2cccnc2)o1)c1ccc([N+](=O)[O-])cc1)N(Cc1ccc2ccccc2c1)C(=O)CC(CC(=O)O)C(=O)O. The number of aliphatic carboxylic acids is 4. The van der Waals surface area contributed by atoms with Crippen LogP contribution in [0.2, 0.25) is 0 Å². The predicted octanol–water partition coefficient (Wildman–Crippen LogP) is 13.2. The van der Waals surface area contributed by atoms with Crippen LogP contribution >= 0.6 is 0 Å². The van der Waals surface area contributed by atoms with Gasteiger partial charge in [0, 0.05) is 106 Å². The van der Waals surface area contributed by atoms with E-state index < -0.39 is 113 Å². The van der Waals surface area contributed by atoms with Gasteiger partial charge in [-0.05, 0) is 118 Å². The number of anilines is 2. The summed E-state index contributed by atoms with van der Waals surface area (Å²) >= 11 is 0. The van der Waals surface area contributed by atoms with Gasteiger partial charge in [-0.2, -0.15) is 0 Å². The lowest BCUT2D eigenvalue weighted by molar-refractivity contribution is -0.385. The zero-order chi connectivity index (χ0) is 72.4. The molecule has 10 rings (SSSR count). The van der Waals surface area contributed by atoms with Gasteiger partial charge in [-0.1, -0.05) is 115 Å². The Balaban J connectivity index is 0.000000235. The minimum Gasteiger partial charge on any atom is -0.481 e. The fourth-order valence-electron chi connectivity index (χ4n) is 12.0. The van der Waals surface area contributed by atoms with Crippen molar-refractivity contribution in [1.82, 2.24) is 14.8 Å². The fourth-order valence-corrected chi connectivity index (χ4v) is 12.0. The van der Waals surface area contributed by atoms with Crippen LogP contribution in [0.4, 0.5) is 22.7 Å². The number of nitro benzene ring substituents is 2. The summed E-state index contributed by atoms with van der Waals surface area (Å²) in [4.78, 5) is 132. The molecule has 0 radical (unpaired) electrons. The van der Waals surface area contributed by atoms with Crippen LogP contribution < -0.4 is 10.2 Å². The standard InChI is InChI=1S/C39H37N3O9.C37H34N4O9/c1-25(41(36(43)21-30(39(47)48)22-37(44)45)24-26-12-13-27-8-6-7-9-29(27)20-26)34(28-14-16-32(17-15-28)42(49)50)23-33-18-19-35(51-33)38(46)40(2)31-10-4-3-5-11-31;1-23(40(34(42)18-28(37(46)47)19-35(43)44)22-24-8-9-25-5-2-3-6-27(25)17-24)32(26-10-12-30(13-11-26)41(48)49)20-31-14-15-33(50-31)36(45)39-29-7-4-16-38-21-29/h3-20,25,30,34H,21-24H2,1-2H3,(H,44,45)(H,47,48);2-17,21,23,28,32H,18-20,22H2,1H3,(H,39,45)(H,43,44)(H,46,47). The summed E-state index contributed by atoms with van der Waals surface area (Å²) in [6.07, 6.45) is 0.790. The summed E-state index contributed by atoms with van der Waals surface area (Å²) in [7, 11) is 1.63. The Bertz CT molecular complexity index is 4640. The van der Waals surface area contributed by atoms with Gasteiger partial charge in [-0.15, -0.1) is 0 Å². The van der Waals surface area contributed by atoms with Crippen LogP contribution in [0.1, 0.15) is 106 Å². The molecule has 25 nitrogen and oxygen atoms in total. The van der Waals surface area contributed by atoms with Crippen molar-refractivity contribution in [3.05, 3.63) is 278 Å². The van der Waals surface area contributed by atoms with E-state index in [0.717, 1.165) is 32.7 Å². The number of amides is 4. The molecular formula is C76H71N7O18. The van der Waals surface area contributed by atoms with Gasteiger partial charge >= 0.3 is 23.9 Å². The number of fused-ring (bicyclic) bond motifs is 2. The number of para-hydroxylation sites is 1. The molecule has 101 heavy (non-hydrogen) atoms. The second-order valence-corrected chi connectivity index (χ2v) is 24.3. The number of rotatable bonds is 30. The van der Waals surface area contributed by atoms with Crippen molar-refractivity contribution >= 4 is 91.8 Å². The maximum Gasteiger partial charge on any atom is 0.307 e. The summed E-state index contributed by atoms with van der Waals surface area (Å²) in [5.41, 5.74) is 3.66. The molecule has 0 aliphatic heterocycles. The van der Waals surface area contributed by atoms with E-state index in [1.807, 2.05) is 103 Å². The van der Waals surface area contributed by atoms with E-state index in [0.29, 0.717) is 34.0 Å². The highest BCUT2D eigenvalue weighted by atomic mass is 16.6. The van der Waals surface area contributed by atoms with Crippen LogP contribution in [0, 0.1) is 32.1 Å². The first-order valence-electron chi connectivity index (χ1n) is 32.0. The Kier molecular flexibility index (Phi) is 24.1. The largest absolute Gasteiger partial charge is 0.481 e. The van der Waals surface area contributed by atoms with Crippen molar-refractivity contribution in [1.29, 1.82) is 0 Å². The van der Waals surface area contributed by atoms with E-state index in [1.165, 1.54) is 51.2 Å². The summed E-state index contributed by atoms with van der Waals surface area (Å²) in [5, 5.41) is 67.7. The molecule has 0 bridgehead atoms. The minimum atomic E-state index is -1.46. The highest BCUT2D eigenvalue weighted by Gasteiger charge is 2.36. The van der Waals surface area contributed by atoms with Gasteiger partial charge in [0.15, 0.2) is 11.5 Å². The van der Waals surface area contributed by atoms with Gasteiger partial charge in [0.1, 0.15) is 11.5 Å². The molecule has 5 N–H and O–H groups in total. The zero-order valence-electron chi connectivity index (χ0n) is 55.0. The highest BCUT2D eigenvalue weighted by Crippen LogP contribution is 2.35. The summed E-state index contributed by atoms with van der Waals surface area (Å²) in [6.45, 7) is 3.69. The molecule has 0 saturated heterocycles. The summed E-state index contributed by atoms with van der Waals surface area (Å²) in [6, 6.07) is 56.0. The van der Waals surface area contributed by atoms with Gasteiger partial charge in [0.05, 0.1) is 46.4 Å². The Hall–Kier alpha value is -12.7. The number of carboxylic acid groups (broad SMARTS) is 4. The smallest absolute Gasteiger partial charge is 0.307 e. The monoisotopic (exact) mass is 1370 g/mol. The summed E-state index contributed by atoms with van der Waals surface area (Å²) in [5.74, 6) is -10.6. The third-order valence-electron chi connectivity index (χ3n) is 17.5. The van der Waals surface area contributed by atoms with E-state index in [4.69, 9.17) is 8.83 Å². The first kappa shape index (κ1) is 72.6. The first-order valence-corrected chi connectivity index (χ1v) is 32.0. The van der Waals surface area contributed by atoms with Crippen LogP contribution in [0.3, 0.4) is 0 Å². The maximum absolute atomic E-state index is 14.1. The Morgan fingerprint density at radius 2 is 0.921 bits per heavy atom. The summed E-state index contributed by atoms with van der Waals surface area (Å²) < 4.78 is 12.0. The lowest BCUT2D eigenvalue weighted by Gasteiger charge is -2.36. The molecule has 3 aromatic heterocycles. The van der Waals surface area contributed by atoms with Crippen molar-refractivity contribution in [2.45, 2.75) is 89.4 Å². The third kappa shape index (κ3) is 19.3. The molecule has 7 aromatic carbocycles. The molecule has 0 spiro atoms. The van der Waals surface area contributed by atoms with Gasteiger partial charge < -0.3 is 49.3 Å². The average molecular weight is 1370 g/mol. The molecule has 0 aliphatic carbocycles. The topological polar surface area (TPSA) is 365 Å². The predicted molar refractivity (Wildman–Crippen MR) is 372 cm³/mol. The number of non-ortho nitro benzene ring substituents is 2. The quantitative estimate of drug-likeness (QED) is 0.0206. The van der Waals surface area contributed by atoms with Crippen LogP contribution in [0.25, 0.3) is 21.5 Å². The molecule has 0 aliphatic rings. The van der Waals surface area contributed by atoms with E-state index in [-0.39, 0.29) is 54.7 Å². The van der Waals surface area contributed by atoms with E-state index in [1.54, 1.807) is 93.8 Å². The van der Waals surface area contributed by atoms with E-state index in [2.05, 4.69) is 10.3 Å². The second kappa shape index (κ2) is 33.5. The molecule has 6 unspecified atom stereocenters. The van der Waals surface area contributed by atoms with E-state index in [9.17, 15) is 79.0 Å². The highest BCUT2D eigenvalue weighted by molar-refractivity contribution is 6.04. The molecule has 6 atom stereocenters. The van der Waals surface area contributed by atoms with Gasteiger partial charge in [0.2, 0.25) is 11.8 Å². The van der Waals surface area contributed by atoms with Crippen LogP contribution in [0.5, 0.6) is 0 Å². The molecular weight excluding hydrogens is 1300 g/mol. The number of nitro groups is 2. The minimum absolute atomic E-state index is 0.0287. The normalized spacial score (nSPS) is 12.8. The van der Waals surface area contributed by atoms with Crippen molar-refractivity contribution in [2.75, 3.05) is 17.3 Å². The number of nitrogens with one attached hydrogen (secondary N) is 1.